The first-order valence-corrected chi connectivity index (χ1v) is 7.91. The number of carbonyl (C=O) groups is 1. The fourth-order valence-electron chi connectivity index (χ4n) is 3.20. The van der Waals surface area contributed by atoms with Crippen LogP contribution in [0.5, 0.6) is 5.75 Å². The molecule has 0 saturated heterocycles. The average molecular weight is 363 g/mol. The van der Waals surface area contributed by atoms with Crippen LogP contribution in [0.3, 0.4) is 0 Å². The van der Waals surface area contributed by atoms with E-state index in [0.717, 1.165) is 6.07 Å². The van der Waals surface area contributed by atoms with Gasteiger partial charge in [-0.2, -0.15) is 13.2 Å². The molecule has 0 aliphatic carbocycles. The zero-order chi connectivity index (χ0) is 18.9. The van der Waals surface area contributed by atoms with Crippen molar-refractivity contribution in [2.24, 2.45) is 10.9 Å². The zero-order valence-electron chi connectivity index (χ0n) is 13.8. The molecule has 2 unspecified atom stereocenters. The van der Waals surface area contributed by atoms with Crippen molar-refractivity contribution in [3.63, 3.8) is 0 Å². The second-order valence-corrected chi connectivity index (χ2v) is 6.03. The number of aliphatic carboxylic acids is 1. The molecule has 0 radical (unpaired) electrons. The van der Waals surface area contributed by atoms with E-state index in [1.54, 1.807) is 24.3 Å². The fourth-order valence-corrected chi connectivity index (χ4v) is 3.20. The molecule has 1 aliphatic heterocycles. The van der Waals surface area contributed by atoms with Crippen LogP contribution < -0.4 is 4.74 Å². The molecule has 1 aliphatic rings. The van der Waals surface area contributed by atoms with Gasteiger partial charge in [0.1, 0.15) is 5.75 Å². The van der Waals surface area contributed by atoms with Gasteiger partial charge in [0.05, 0.1) is 24.3 Å². The molecular weight excluding hydrogens is 347 g/mol. The molecule has 1 heterocycles. The van der Waals surface area contributed by atoms with Gasteiger partial charge >= 0.3 is 12.1 Å². The summed E-state index contributed by atoms with van der Waals surface area (Å²) in [6.07, 6.45) is -3.38. The summed E-state index contributed by atoms with van der Waals surface area (Å²) in [4.78, 5) is 15.8. The Morgan fingerprint density at radius 1 is 1.19 bits per heavy atom. The molecule has 2 atom stereocenters. The number of carboxylic acid groups (broad SMARTS) is 1. The minimum absolute atomic E-state index is 0.0146. The standard InChI is InChI=1S/C19H16F3NO3/c1-26-12-7-5-11(6-8-12)13-9-14-16(19(20,21)22)3-2-4-17(14)23-10-15(13)18(24)25/h2-8,10,13,15H,9H2,1H3,(H,24,25). The molecule has 4 nitrogen and oxygen atoms in total. The van der Waals surface area contributed by atoms with E-state index < -0.39 is 29.5 Å². The lowest BCUT2D eigenvalue weighted by Gasteiger charge is -2.22. The number of halogens is 3. The minimum atomic E-state index is -4.53. The summed E-state index contributed by atoms with van der Waals surface area (Å²) in [5.74, 6) is -2.25. The van der Waals surface area contributed by atoms with E-state index in [4.69, 9.17) is 4.74 Å². The smallest absolute Gasteiger partial charge is 0.416 e. The van der Waals surface area contributed by atoms with Gasteiger partial charge in [0, 0.05) is 12.1 Å². The summed E-state index contributed by atoms with van der Waals surface area (Å²) < 4.78 is 45.3. The number of methoxy groups -OCH3 is 1. The van der Waals surface area contributed by atoms with Gasteiger partial charge in [0.25, 0.3) is 0 Å². The SMILES string of the molecule is COc1ccc(C2Cc3c(cccc3C(F)(F)F)N=CC2C(=O)O)cc1. The molecule has 2 aromatic carbocycles. The molecule has 0 bridgehead atoms. The Hall–Kier alpha value is -2.83. The van der Waals surface area contributed by atoms with Gasteiger partial charge in [0.2, 0.25) is 0 Å². The van der Waals surface area contributed by atoms with E-state index in [2.05, 4.69) is 4.99 Å². The van der Waals surface area contributed by atoms with Crippen molar-refractivity contribution in [3.05, 3.63) is 59.2 Å². The summed E-state index contributed by atoms with van der Waals surface area (Å²) in [6.45, 7) is 0. The average Bonchev–Trinajstić information content (AvgIpc) is 2.80. The molecule has 136 valence electrons. The number of benzene rings is 2. The second-order valence-electron chi connectivity index (χ2n) is 6.03. The maximum atomic E-state index is 13.4. The lowest BCUT2D eigenvalue weighted by Crippen LogP contribution is -2.25. The lowest BCUT2D eigenvalue weighted by molar-refractivity contribution is -0.139. The van der Waals surface area contributed by atoms with Gasteiger partial charge < -0.3 is 9.84 Å². The number of nitrogens with zero attached hydrogens (tertiary/aromatic N) is 1. The van der Waals surface area contributed by atoms with Crippen molar-refractivity contribution in [3.8, 4) is 5.75 Å². The highest BCUT2D eigenvalue weighted by Crippen LogP contribution is 2.42. The van der Waals surface area contributed by atoms with Gasteiger partial charge in [-0.3, -0.25) is 9.79 Å². The van der Waals surface area contributed by atoms with Crippen molar-refractivity contribution >= 4 is 17.9 Å². The molecule has 0 saturated carbocycles. The van der Waals surface area contributed by atoms with Crippen LogP contribution in [0.2, 0.25) is 0 Å². The Bertz CT molecular complexity index is 844. The summed E-state index contributed by atoms with van der Waals surface area (Å²) in [7, 11) is 1.50. The van der Waals surface area contributed by atoms with Gasteiger partial charge in [-0.05, 0) is 41.8 Å². The van der Waals surface area contributed by atoms with E-state index >= 15 is 0 Å². The summed E-state index contributed by atoms with van der Waals surface area (Å²) in [6, 6.07) is 10.4. The maximum Gasteiger partial charge on any atom is 0.416 e. The third-order valence-electron chi connectivity index (χ3n) is 4.52. The summed E-state index contributed by atoms with van der Waals surface area (Å²) in [5, 5.41) is 9.57. The number of hydrogen-bond donors (Lipinski definition) is 1. The number of alkyl halides is 3. The van der Waals surface area contributed by atoms with Crippen LogP contribution in [0.4, 0.5) is 18.9 Å². The Labute approximate surface area is 147 Å². The van der Waals surface area contributed by atoms with Gasteiger partial charge in [-0.25, -0.2) is 0 Å². The van der Waals surface area contributed by atoms with Crippen LogP contribution in [0.1, 0.15) is 22.6 Å². The van der Waals surface area contributed by atoms with E-state index in [0.29, 0.717) is 11.3 Å². The van der Waals surface area contributed by atoms with Crippen molar-refractivity contribution in [2.75, 3.05) is 7.11 Å². The zero-order valence-corrected chi connectivity index (χ0v) is 13.8. The Kier molecular flexibility index (Phi) is 4.71. The Morgan fingerprint density at radius 3 is 2.46 bits per heavy atom. The molecule has 26 heavy (non-hydrogen) atoms. The van der Waals surface area contributed by atoms with Gasteiger partial charge in [-0.15, -0.1) is 0 Å². The van der Waals surface area contributed by atoms with Crippen molar-refractivity contribution in [1.29, 1.82) is 0 Å². The van der Waals surface area contributed by atoms with Crippen LogP contribution in [0, 0.1) is 5.92 Å². The van der Waals surface area contributed by atoms with Crippen molar-refractivity contribution in [1.82, 2.24) is 0 Å². The van der Waals surface area contributed by atoms with Gasteiger partial charge in [-0.1, -0.05) is 18.2 Å². The number of hydrogen-bond acceptors (Lipinski definition) is 3. The van der Waals surface area contributed by atoms with Crippen molar-refractivity contribution < 1.29 is 27.8 Å². The third kappa shape index (κ3) is 3.42. The van der Waals surface area contributed by atoms with E-state index in [1.807, 2.05) is 0 Å². The highest BCUT2D eigenvalue weighted by atomic mass is 19.4. The van der Waals surface area contributed by atoms with E-state index in [-0.39, 0.29) is 17.7 Å². The first-order chi connectivity index (χ1) is 12.3. The first-order valence-electron chi connectivity index (χ1n) is 7.91. The molecule has 7 heteroatoms. The largest absolute Gasteiger partial charge is 0.497 e. The predicted molar refractivity (Wildman–Crippen MR) is 90.2 cm³/mol. The number of fused-ring (bicyclic) bond motifs is 1. The van der Waals surface area contributed by atoms with Gasteiger partial charge in [0.15, 0.2) is 0 Å². The maximum absolute atomic E-state index is 13.4. The topological polar surface area (TPSA) is 58.9 Å². The molecule has 0 fully saturated rings. The fraction of sp³-hybridized carbons (Fsp3) is 0.263. The summed E-state index contributed by atoms with van der Waals surface area (Å²) in [5.41, 5.74) is 0.00841. The molecule has 1 N–H and O–H groups in total. The third-order valence-corrected chi connectivity index (χ3v) is 4.52. The monoisotopic (exact) mass is 363 g/mol. The van der Waals surface area contributed by atoms with Crippen LogP contribution in [0.15, 0.2) is 47.5 Å². The minimum Gasteiger partial charge on any atom is -0.497 e. The first kappa shape index (κ1) is 18.0. The van der Waals surface area contributed by atoms with Crippen LogP contribution >= 0.6 is 0 Å². The summed E-state index contributed by atoms with van der Waals surface area (Å²) >= 11 is 0. The number of carboxylic acids is 1. The molecule has 0 aromatic heterocycles. The molecular formula is C19H16F3NO3. The van der Waals surface area contributed by atoms with E-state index in [1.165, 1.54) is 25.5 Å². The molecule has 0 amide bonds. The van der Waals surface area contributed by atoms with Crippen LogP contribution in [-0.4, -0.2) is 24.4 Å². The van der Waals surface area contributed by atoms with E-state index in [9.17, 15) is 23.1 Å². The predicted octanol–water partition coefficient (Wildman–Crippen LogP) is 4.46. The number of aliphatic imine (C=N–C) groups is 1. The lowest BCUT2D eigenvalue weighted by atomic mass is 9.81. The highest BCUT2D eigenvalue weighted by Gasteiger charge is 2.38. The number of ether oxygens (including phenoxy) is 1. The Morgan fingerprint density at radius 2 is 1.88 bits per heavy atom. The highest BCUT2D eigenvalue weighted by molar-refractivity contribution is 5.91. The second kappa shape index (κ2) is 6.82. The quantitative estimate of drug-likeness (QED) is 0.876. The number of rotatable bonds is 3. The Balaban J connectivity index is 2.11. The van der Waals surface area contributed by atoms with Crippen LogP contribution in [0.25, 0.3) is 0 Å². The normalized spacial score (nSPS) is 19.5. The molecule has 3 rings (SSSR count). The molecule has 2 aromatic rings. The van der Waals surface area contributed by atoms with Crippen LogP contribution in [-0.2, 0) is 17.4 Å². The molecule has 0 spiro atoms. The van der Waals surface area contributed by atoms with Crippen molar-refractivity contribution in [2.45, 2.75) is 18.5 Å².